The molecule has 1 atom stereocenters. The Morgan fingerprint density at radius 1 is 1.06 bits per heavy atom. The second kappa shape index (κ2) is 8.55. The molecule has 1 N–H and O–H groups in total. The van der Waals surface area contributed by atoms with Crippen molar-refractivity contribution in [1.29, 1.82) is 0 Å². The Morgan fingerprint density at radius 2 is 1.81 bits per heavy atom. The highest BCUT2D eigenvalue weighted by Gasteiger charge is 2.32. The van der Waals surface area contributed by atoms with Gasteiger partial charge in [-0.15, -0.1) is 0 Å². The Bertz CT molecular complexity index is 1180. The maximum absolute atomic E-state index is 13.2. The normalized spacial score (nSPS) is 14.9. The van der Waals surface area contributed by atoms with Crippen molar-refractivity contribution >= 4 is 23.2 Å². The predicted molar refractivity (Wildman–Crippen MR) is 119 cm³/mol. The van der Waals surface area contributed by atoms with E-state index in [0.717, 1.165) is 28.8 Å². The second-order valence-electron chi connectivity index (χ2n) is 7.67. The molecule has 7 nitrogen and oxygen atoms in total. The Morgan fingerprint density at radius 3 is 2.55 bits per heavy atom. The van der Waals surface area contributed by atoms with E-state index in [1.165, 1.54) is 17.7 Å². The fourth-order valence-corrected chi connectivity index (χ4v) is 3.83. The number of hydrogen-bond donors (Lipinski definition) is 1. The van der Waals surface area contributed by atoms with Crippen molar-refractivity contribution < 1.29 is 9.59 Å². The Kier molecular flexibility index (Phi) is 5.66. The van der Waals surface area contributed by atoms with Crippen LogP contribution in [0.3, 0.4) is 0 Å². The summed E-state index contributed by atoms with van der Waals surface area (Å²) in [5.74, 6) is -0.676. The van der Waals surface area contributed by atoms with Gasteiger partial charge in [-0.3, -0.25) is 14.4 Å². The van der Waals surface area contributed by atoms with Gasteiger partial charge < -0.3 is 10.2 Å². The number of hydrogen-bond acceptors (Lipinski definition) is 4. The number of nitrogens with zero attached hydrogens (tertiary/aromatic N) is 3. The summed E-state index contributed by atoms with van der Waals surface area (Å²) in [5.41, 5.74) is 3.45. The van der Waals surface area contributed by atoms with E-state index in [4.69, 9.17) is 0 Å². The molecule has 2 aromatic carbocycles. The summed E-state index contributed by atoms with van der Waals surface area (Å²) in [5, 5.41) is 6.94. The van der Waals surface area contributed by atoms with Crippen LogP contribution in [-0.4, -0.2) is 27.6 Å². The van der Waals surface area contributed by atoms with Gasteiger partial charge in [-0.05, 0) is 55.2 Å². The number of aryl methyl sites for hydroxylation is 1. The van der Waals surface area contributed by atoms with Crippen molar-refractivity contribution in [3.05, 3.63) is 87.8 Å². The van der Waals surface area contributed by atoms with E-state index in [9.17, 15) is 14.4 Å². The van der Waals surface area contributed by atoms with Crippen LogP contribution in [0.1, 0.15) is 35.5 Å². The molecule has 0 radical (unpaired) electrons. The van der Waals surface area contributed by atoms with Crippen LogP contribution in [0.5, 0.6) is 0 Å². The molecule has 1 aliphatic heterocycles. The zero-order valence-corrected chi connectivity index (χ0v) is 17.5. The highest BCUT2D eigenvalue weighted by atomic mass is 16.2. The van der Waals surface area contributed by atoms with Crippen molar-refractivity contribution in [3.8, 4) is 0 Å². The zero-order chi connectivity index (χ0) is 22.0. The molecule has 3 aromatic rings. The van der Waals surface area contributed by atoms with Crippen LogP contribution < -0.4 is 15.8 Å². The lowest BCUT2D eigenvalue weighted by Gasteiger charge is -2.22. The molecule has 0 saturated heterocycles. The number of para-hydroxylation sites is 1. The number of anilines is 2. The molecular formula is C24H24N4O3. The number of benzene rings is 2. The van der Waals surface area contributed by atoms with Crippen molar-refractivity contribution in [3.63, 3.8) is 0 Å². The molecule has 1 unspecified atom stereocenters. The first kappa shape index (κ1) is 20.5. The fraction of sp³-hybridized carbons (Fsp3) is 0.250. The van der Waals surface area contributed by atoms with Gasteiger partial charge >= 0.3 is 0 Å². The standard InChI is InChI=1S/C24H24N4O3/c1-3-17-8-10-19(11-9-17)25-22(29)15-27-23(30)13-12-20(26-27)24(31)28-16(2)14-18-6-4-5-7-21(18)28/h4-13,16H,3,14-15H2,1-2H3,(H,25,29). The number of rotatable bonds is 5. The Hall–Kier alpha value is -3.74. The SMILES string of the molecule is CCc1ccc(NC(=O)Cn2nc(C(=O)N3c4ccccc4CC3C)ccc2=O)cc1. The van der Waals surface area contributed by atoms with Gasteiger partial charge in [-0.2, -0.15) is 5.10 Å². The molecule has 158 valence electrons. The summed E-state index contributed by atoms with van der Waals surface area (Å²) >= 11 is 0. The third kappa shape index (κ3) is 4.26. The third-order valence-corrected chi connectivity index (χ3v) is 5.45. The van der Waals surface area contributed by atoms with Crippen LogP contribution in [0.2, 0.25) is 0 Å². The van der Waals surface area contributed by atoms with Crippen LogP contribution in [-0.2, 0) is 24.2 Å². The zero-order valence-electron chi connectivity index (χ0n) is 17.5. The van der Waals surface area contributed by atoms with E-state index >= 15 is 0 Å². The molecule has 4 rings (SSSR count). The number of amides is 2. The molecule has 0 aliphatic carbocycles. The maximum Gasteiger partial charge on any atom is 0.278 e. The Balaban J connectivity index is 1.52. The molecule has 0 fully saturated rings. The number of carbonyl (C=O) groups is 2. The van der Waals surface area contributed by atoms with Crippen molar-refractivity contribution in [2.45, 2.75) is 39.3 Å². The lowest BCUT2D eigenvalue weighted by atomic mass is 10.1. The summed E-state index contributed by atoms with van der Waals surface area (Å²) in [4.78, 5) is 39.5. The molecule has 2 amide bonds. The van der Waals surface area contributed by atoms with Crippen LogP contribution in [0.4, 0.5) is 11.4 Å². The van der Waals surface area contributed by atoms with Gasteiger partial charge in [0.15, 0.2) is 0 Å². The summed E-state index contributed by atoms with van der Waals surface area (Å²) in [6, 6.07) is 17.9. The minimum Gasteiger partial charge on any atom is -0.324 e. The van der Waals surface area contributed by atoms with Gasteiger partial charge in [0.25, 0.3) is 11.5 Å². The number of fused-ring (bicyclic) bond motifs is 1. The van der Waals surface area contributed by atoms with Crippen molar-refractivity contribution in [2.75, 3.05) is 10.2 Å². The van der Waals surface area contributed by atoms with Gasteiger partial charge in [0.1, 0.15) is 12.2 Å². The first-order valence-corrected chi connectivity index (χ1v) is 10.3. The van der Waals surface area contributed by atoms with Crippen LogP contribution in [0, 0.1) is 0 Å². The second-order valence-corrected chi connectivity index (χ2v) is 7.67. The molecule has 7 heteroatoms. The van der Waals surface area contributed by atoms with Gasteiger partial charge in [-0.1, -0.05) is 37.3 Å². The molecular weight excluding hydrogens is 392 g/mol. The van der Waals surface area contributed by atoms with E-state index in [-0.39, 0.29) is 30.1 Å². The first-order chi connectivity index (χ1) is 15.0. The van der Waals surface area contributed by atoms with E-state index in [1.54, 1.807) is 4.90 Å². The number of nitrogens with one attached hydrogen (secondary N) is 1. The van der Waals surface area contributed by atoms with E-state index in [2.05, 4.69) is 17.3 Å². The summed E-state index contributed by atoms with van der Waals surface area (Å²) < 4.78 is 1.02. The summed E-state index contributed by atoms with van der Waals surface area (Å²) in [6.07, 6.45) is 1.68. The highest BCUT2D eigenvalue weighted by Crippen LogP contribution is 2.32. The molecule has 2 heterocycles. The van der Waals surface area contributed by atoms with E-state index in [0.29, 0.717) is 5.69 Å². The maximum atomic E-state index is 13.2. The minimum absolute atomic E-state index is 0.0125. The quantitative estimate of drug-likeness (QED) is 0.693. The van der Waals surface area contributed by atoms with Gasteiger partial charge in [0, 0.05) is 23.5 Å². The monoisotopic (exact) mass is 416 g/mol. The van der Waals surface area contributed by atoms with Crippen LogP contribution in [0.25, 0.3) is 0 Å². The topological polar surface area (TPSA) is 84.3 Å². The number of carbonyl (C=O) groups excluding carboxylic acids is 2. The number of aromatic nitrogens is 2. The van der Waals surface area contributed by atoms with Crippen LogP contribution in [0.15, 0.2) is 65.5 Å². The summed E-state index contributed by atoms with van der Waals surface area (Å²) in [7, 11) is 0. The largest absolute Gasteiger partial charge is 0.324 e. The summed E-state index contributed by atoms with van der Waals surface area (Å²) in [6.45, 7) is 3.76. The van der Waals surface area contributed by atoms with Crippen molar-refractivity contribution in [1.82, 2.24) is 9.78 Å². The highest BCUT2D eigenvalue weighted by molar-refractivity contribution is 6.06. The molecule has 0 saturated carbocycles. The molecule has 31 heavy (non-hydrogen) atoms. The molecule has 1 aromatic heterocycles. The lowest BCUT2D eigenvalue weighted by Crippen LogP contribution is -2.38. The molecule has 1 aliphatic rings. The Labute approximate surface area is 180 Å². The predicted octanol–water partition coefficient (Wildman–Crippen LogP) is 3.04. The van der Waals surface area contributed by atoms with Gasteiger partial charge in [0.05, 0.1) is 0 Å². The smallest absolute Gasteiger partial charge is 0.278 e. The lowest BCUT2D eigenvalue weighted by molar-refractivity contribution is -0.117. The van der Waals surface area contributed by atoms with Crippen molar-refractivity contribution in [2.24, 2.45) is 0 Å². The average Bonchev–Trinajstić information content (AvgIpc) is 3.11. The molecule has 0 spiro atoms. The third-order valence-electron chi connectivity index (χ3n) is 5.45. The fourth-order valence-electron chi connectivity index (χ4n) is 3.83. The minimum atomic E-state index is -0.442. The average molecular weight is 416 g/mol. The molecule has 0 bridgehead atoms. The van der Waals surface area contributed by atoms with Gasteiger partial charge in [-0.25, -0.2) is 4.68 Å². The van der Waals surface area contributed by atoms with E-state index < -0.39 is 5.56 Å². The van der Waals surface area contributed by atoms with E-state index in [1.807, 2.05) is 55.5 Å². The first-order valence-electron chi connectivity index (χ1n) is 10.3. The van der Waals surface area contributed by atoms with Gasteiger partial charge in [0.2, 0.25) is 5.91 Å². The van der Waals surface area contributed by atoms with Crippen LogP contribution >= 0.6 is 0 Å².